The molecule has 1 aromatic rings. The fourth-order valence-corrected chi connectivity index (χ4v) is 2.03. The predicted molar refractivity (Wildman–Crippen MR) is 69.6 cm³/mol. The van der Waals surface area contributed by atoms with Crippen molar-refractivity contribution < 1.29 is 9.47 Å². The molecule has 0 saturated carbocycles. The van der Waals surface area contributed by atoms with Crippen LogP contribution < -0.4 is 0 Å². The second-order valence-corrected chi connectivity index (χ2v) is 4.47. The third-order valence-corrected chi connectivity index (χ3v) is 2.99. The zero-order valence-corrected chi connectivity index (χ0v) is 10.8. The van der Waals surface area contributed by atoms with Crippen LogP contribution in [0, 0.1) is 0 Å². The van der Waals surface area contributed by atoms with Gasteiger partial charge in [0.1, 0.15) is 5.82 Å². The van der Waals surface area contributed by atoms with E-state index in [4.69, 9.17) is 9.47 Å². The average molecular weight is 248 g/mol. The van der Waals surface area contributed by atoms with Gasteiger partial charge in [0.25, 0.3) is 5.79 Å². The lowest BCUT2D eigenvalue weighted by Gasteiger charge is -2.30. The Balaban J connectivity index is 2.05. The lowest BCUT2D eigenvalue weighted by atomic mass is 10.0. The highest BCUT2D eigenvalue weighted by atomic mass is 16.7. The predicted octanol–water partition coefficient (Wildman–Crippen LogP) is 3.30. The zero-order chi connectivity index (χ0) is 12.7. The third kappa shape index (κ3) is 3.39. The van der Waals surface area contributed by atoms with Crippen molar-refractivity contribution in [1.82, 2.24) is 9.97 Å². The Morgan fingerprint density at radius 2 is 2.00 bits per heavy atom. The van der Waals surface area contributed by atoms with Crippen LogP contribution in [0.25, 0.3) is 0 Å². The Bertz CT molecular complexity index is 382. The van der Waals surface area contributed by atoms with Crippen molar-refractivity contribution in [3.05, 3.63) is 42.9 Å². The molecule has 18 heavy (non-hydrogen) atoms. The van der Waals surface area contributed by atoms with E-state index in [0.717, 1.165) is 18.7 Å². The summed E-state index contributed by atoms with van der Waals surface area (Å²) in [5.74, 6) is 0.256. The van der Waals surface area contributed by atoms with Gasteiger partial charge in [0.15, 0.2) is 0 Å². The van der Waals surface area contributed by atoms with Crippen LogP contribution in [0.2, 0.25) is 0 Å². The molecule has 0 bridgehead atoms. The van der Waals surface area contributed by atoms with Crippen LogP contribution in [0.4, 0.5) is 0 Å². The Morgan fingerprint density at radius 3 is 2.61 bits per heavy atom. The van der Waals surface area contributed by atoms with Crippen molar-refractivity contribution in [1.29, 1.82) is 0 Å². The van der Waals surface area contributed by atoms with Crippen molar-refractivity contribution in [3.8, 4) is 0 Å². The average Bonchev–Trinajstić information content (AvgIpc) is 2.76. The van der Waals surface area contributed by atoms with Gasteiger partial charge >= 0.3 is 0 Å². The molecule has 0 atom stereocenters. The number of hydrogen-bond acceptors (Lipinski definition) is 3. The minimum atomic E-state index is -0.628. The first-order valence-corrected chi connectivity index (χ1v) is 6.50. The number of nitrogens with one attached hydrogen (secondary N) is 1. The van der Waals surface area contributed by atoms with Crippen LogP contribution in [0.3, 0.4) is 0 Å². The lowest BCUT2D eigenvalue weighted by molar-refractivity contribution is -0.176. The molecule has 0 amide bonds. The molecule has 1 aromatic heterocycles. The maximum Gasteiger partial charge on any atom is 0.256 e. The van der Waals surface area contributed by atoms with E-state index < -0.39 is 5.79 Å². The van der Waals surface area contributed by atoms with Gasteiger partial charge in [-0.15, -0.1) is 0 Å². The first-order valence-electron chi connectivity index (χ1n) is 6.50. The van der Waals surface area contributed by atoms with Crippen molar-refractivity contribution in [2.45, 2.75) is 44.8 Å². The van der Waals surface area contributed by atoms with Crippen molar-refractivity contribution >= 4 is 0 Å². The van der Waals surface area contributed by atoms with Crippen molar-refractivity contribution in [2.24, 2.45) is 0 Å². The SMILES string of the molecule is CCCCCC1(Cc2ncc[nH]2)OC=CC=CO1. The van der Waals surface area contributed by atoms with E-state index in [2.05, 4.69) is 16.9 Å². The molecule has 4 heteroatoms. The first-order chi connectivity index (χ1) is 8.85. The molecule has 2 rings (SSSR count). The van der Waals surface area contributed by atoms with Gasteiger partial charge in [-0.05, 0) is 18.6 Å². The van der Waals surface area contributed by atoms with E-state index in [1.54, 1.807) is 18.7 Å². The van der Waals surface area contributed by atoms with E-state index >= 15 is 0 Å². The molecular formula is C14H20N2O2. The number of aromatic nitrogens is 2. The van der Waals surface area contributed by atoms with Gasteiger partial charge in [-0.3, -0.25) is 0 Å². The maximum absolute atomic E-state index is 5.79. The monoisotopic (exact) mass is 248 g/mol. The van der Waals surface area contributed by atoms with Crippen molar-refractivity contribution in [2.75, 3.05) is 0 Å². The quantitative estimate of drug-likeness (QED) is 0.786. The van der Waals surface area contributed by atoms with Gasteiger partial charge in [-0.1, -0.05) is 19.8 Å². The summed E-state index contributed by atoms with van der Waals surface area (Å²) in [7, 11) is 0. The standard InChI is InChI=1S/C14H20N2O2/c1-2-3-4-7-14(12-13-15-8-9-16-13)17-10-5-6-11-18-14/h5-6,8-11H,2-4,7,12H2,1H3,(H,15,16). The van der Waals surface area contributed by atoms with Gasteiger partial charge in [-0.2, -0.15) is 0 Å². The van der Waals surface area contributed by atoms with Crippen LogP contribution in [0.5, 0.6) is 0 Å². The van der Waals surface area contributed by atoms with Gasteiger partial charge in [0.2, 0.25) is 0 Å². The highest BCUT2D eigenvalue weighted by Crippen LogP contribution is 2.27. The van der Waals surface area contributed by atoms with Crippen LogP contribution in [-0.4, -0.2) is 15.8 Å². The fourth-order valence-electron chi connectivity index (χ4n) is 2.03. The molecule has 1 N–H and O–H groups in total. The number of allylic oxidation sites excluding steroid dienone is 2. The highest BCUT2D eigenvalue weighted by Gasteiger charge is 2.34. The summed E-state index contributed by atoms with van der Waals surface area (Å²) in [6.45, 7) is 2.19. The molecular weight excluding hydrogens is 228 g/mol. The molecule has 0 unspecified atom stereocenters. The molecule has 0 saturated heterocycles. The number of H-pyrrole nitrogens is 1. The van der Waals surface area contributed by atoms with E-state index in [1.807, 2.05) is 18.3 Å². The van der Waals surface area contributed by atoms with Gasteiger partial charge in [0, 0.05) is 18.8 Å². The normalized spacial score (nSPS) is 16.9. The zero-order valence-electron chi connectivity index (χ0n) is 10.8. The summed E-state index contributed by atoms with van der Waals surface area (Å²) in [6.07, 6.45) is 15.6. The Kier molecular flexibility index (Phi) is 4.45. The van der Waals surface area contributed by atoms with Crippen molar-refractivity contribution in [3.63, 3.8) is 0 Å². The Morgan fingerprint density at radius 1 is 1.22 bits per heavy atom. The molecule has 0 spiro atoms. The molecule has 98 valence electrons. The molecule has 0 aliphatic carbocycles. The van der Waals surface area contributed by atoms with Crippen LogP contribution >= 0.6 is 0 Å². The number of hydrogen-bond donors (Lipinski definition) is 1. The molecule has 4 nitrogen and oxygen atoms in total. The second-order valence-electron chi connectivity index (χ2n) is 4.47. The van der Waals surface area contributed by atoms with Crippen LogP contribution in [0.1, 0.15) is 38.4 Å². The molecule has 2 heterocycles. The number of unbranched alkanes of at least 4 members (excludes halogenated alkanes) is 2. The number of nitrogens with zero attached hydrogens (tertiary/aromatic N) is 1. The Labute approximate surface area is 108 Å². The number of imidazole rings is 1. The van der Waals surface area contributed by atoms with E-state index in [9.17, 15) is 0 Å². The molecule has 1 aliphatic rings. The number of aromatic amines is 1. The van der Waals surface area contributed by atoms with Gasteiger partial charge in [-0.25, -0.2) is 4.98 Å². The maximum atomic E-state index is 5.79. The summed E-state index contributed by atoms with van der Waals surface area (Å²) in [5, 5.41) is 0. The second kappa shape index (κ2) is 6.28. The fraction of sp³-hybridized carbons (Fsp3) is 0.500. The summed E-state index contributed by atoms with van der Waals surface area (Å²) in [6, 6.07) is 0. The minimum Gasteiger partial charge on any atom is -0.459 e. The van der Waals surface area contributed by atoms with Gasteiger partial charge < -0.3 is 14.5 Å². The first kappa shape index (κ1) is 12.7. The van der Waals surface area contributed by atoms with Crippen LogP contribution in [0.15, 0.2) is 37.1 Å². The Hall–Kier alpha value is -1.71. The largest absolute Gasteiger partial charge is 0.459 e. The molecule has 0 aromatic carbocycles. The number of ether oxygens (including phenoxy) is 2. The smallest absolute Gasteiger partial charge is 0.256 e. The molecule has 0 radical (unpaired) electrons. The summed E-state index contributed by atoms with van der Waals surface area (Å²) in [5.41, 5.74) is 0. The van der Waals surface area contributed by atoms with Crippen LogP contribution in [-0.2, 0) is 15.9 Å². The molecule has 0 fully saturated rings. The summed E-state index contributed by atoms with van der Waals surface area (Å²) in [4.78, 5) is 7.35. The third-order valence-electron chi connectivity index (χ3n) is 2.99. The van der Waals surface area contributed by atoms with E-state index in [-0.39, 0.29) is 0 Å². The van der Waals surface area contributed by atoms with E-state index in [1.165, 1.54) is 12.8 Å². The lowest BCUT2D eigenvalue weighted by Crippen LogP contribution is -2.35. The minimum absolute atomic E-state index is 0.623. The molecule has 1 aliphatic heterocycles. The number of rotatable bonds is 6. The van der Waals surface area contributed by atoms with Gasteiger partial charge in [0.05, 0.1) is 18.9 Å². The highest BCUT2D eigenvalue weighted by molar-refractivity contribution is 5.02. The summed E-state index contributed by atoms with van der Waals surface area (Å²) >= 11 is 0. The summed E-state index contributed by atoms with van der Waals surface area (Å²) < 4.78 is 11.6. The topological polar surface area (TPSA) is 47.1 Å². The van der Waals surface area contributed by atoms with E-state index in [0.29, 0.717) is 6.42 Å².